The number of benzene rings is 1. The molecule has 1 rings (SSSR count). The van der Waals surface area contributed by atoms with Crippen LogP contribution in [-0.2, 0) is 19.2 Å². The third-order valence-electron chi connectivity index (χ3n) is 1.66. The van der Waals surface area contributed by atoms with Gasteiger partial charge < -0.3 is 1.43 Å². The molecule has 1 aromatic rings. The average Bonchev–Trinajstić information content (AvgIpc) is 2.27. The van der Waals surface area contributed by atoms with Crippen molar-refractivity contribution in [1.82, 2.24) is 5.48 Å². The second-order valence-electron chi connectivity index (χ2n) is 3.06. The van der Waals surface area contributed by atoms with E-state index in [1.807, 2.05) is 0 Å². The van der Waals surface area contributed by atoms with Crippen LogP contribution in [0.4, 0.5) is 0 Å². The molecule has 0 unspecified atom stereocenters. The van der Waals surface area contributed by atoms with Crippen molar-refractivity contribution in [3.8, 4) is 0 Å². The van der Waals surface area contributed by atoms with Gasteiger partial charge in [-0.05, 0) is 19.1 Å². The standard InChI is InChI=1S/C10H11NO4S.Na.H/c1-8(2)10(12)11-15-16(13,14)9-6-4-3-5-7-9;;/h3-7H,1H2,2H3,(H,11,12);;/q;+1;-1. The smallest absolute Gasteiger partial charge is 1.00 e. The molecule has 0 saturated heterocycles. The van der Waals surface area contributed by atoms with Crippen LogP contribution in [0.5, 0.6) is 0 Å². The number of nitrogens with one attached hydrogen (secondary N) is 1. The predicted molar refractivity (Wildman–Crippen MR) is 58.8 cm³/mol. The minimum absolute atomic E-state index is 0. The van der Waals surface area contributed by atoms with Gasteiger partial charge in [0.1, 0.15) is 0 Å². The summed E-state index contributed by atoms with van der Waals surface area (Å²) in [7, 11) is -3.96. The van der Waals surface area contributed by atoms with Crippen LogP contribution in [0.15, 0.2) is 47.4 Å². The molecule has 17 heavy (non-hydrogen) atoms. The molecular formula is C10H12NNaO4S. The Balaban J connectivity index is 0. The molecule has 1 N–H and O–H groups in total. The Labute approximate surface area is 124 Å². The molecule has 1 amide bonds. The molecule has 0 heterocycles. The van der Waals surface area contributed by atoms with E-state index in [1.54, 1.807) is 23.7 Å². The summed E-state index contributed by atoms with van der Waals surface area (Å²) in [6.45, 7) is 4.78. The second-order valence-corrected chi connectivity index (χ2v) is 4.61. The first-order valence-corrected chi connectivity index (χ1v) is 5.78. The molecular weight excluding hydrogens is 253 g/mol. The SMILES string of the molecule is C=C(C)C(=O)NOS(=O)(=O)c1ccccc1.[H-].[Na+]. The number of hydrogen-bond acceptors (Lipinski definition) is 4. The zero-order chi connectivity index (χ0) is 12.2. The Hall–Kier alpha value is -0.660. The molecule has 0 aliphatic heterocycles. The predicted octanol–water partition coefficient (Wildman–Crippen LogP) is -1.88. The van der Waals surface area contributed by atoms with Crippen LogP contribution in [0.1, 0.15) is 8.35 Å². The van der Waals surface area contributed by atoms with E-state index in [0.717, 1.165) is 0 Å². The van der Waals surface area contributed by atoms with Crippen molar-refractivity contribution in [3.05, 3.63) is 42.5 Å². The maximum absolute atomic E-state index is 11.5. The molecule has 7 heteroatoms. The van der Waals surface area contributed by atoms with E-state index in [1.165, 1.54) is 19.1 Å². The van der Waals surface area contributed by atoms with Gasteiger partial charge in [0.15, 0.2) is 0 Å². The Morgan fingerprint density at radius 2 is 1.88 bits per heavy atom. The van der Waals surface area contributed by atoms with Gasteiger partial charge in [0.05, 0.1) is 4.90 Å². The zero-order valence-corrected chi connectivity index (χ0v) is 12.5. The number of carbonyl (C=O) groups excluding carboxylic acids is 1. The number of hydroxylamine groups is 1. The van der Waals surface area contributed by atoms with Gasteiger partial charge in [-0.15, -0.1) is 4.28 Å². The largest absolute Gasteiger partial charge is 1.00 e. The van der Waals surface area contributed by atoms with Gasteiger partial charge in [-0.3, -0.25) is 4.79 Å². The van der Waals surface area contributed by atoms with Crippen molar-refractivity contribution in [2.75, 3.05) is 0 Å². The molecule has 0 aliphatic carbocycles. The number of carbonyl (C=O) groups is 1. The van der Waals surface area contributed by atoms with Crippen LogP contribution < -0.4 is 35.0 Å². The maximum atomic E-state index is 11.5. The summed E-state index contributed by atoms with van der Waals surface area (Å²) in [6.07, 6.45) is 0. The van der Waals surface area contributed by atoms with E-state index in [4.69, 9.17) is 0 Å². The van der Waals surface area contributed by atoms with Crippen LogP contribution in [0.2, 0.25) is 0 Å². The summed E-state index contributed by atoms with van der Waals surface area (Å²) in [5.74, 6) is -0.681. The first-order valence-electron chi connectivity index (χ1n) is 4.38. The molecule has 0 atom stereocenters. The molecule has 88 valence electrons. The number of hydrogen-bond donors (Lipinski definition) is 1. The first-order chi connectivity index (χ1) is 7.43. The van der Waals surface area contributed by atoms with Gasteiger partial charge in [-0.1, -0.05) is 24.8 Å². The Morgan fingerprint density at radius 1 is 1.35 bits per heavy atom. The number of rotatable bonds is 4. The van der Waals surface area contributed by atoms with E-state index < -0.39 is 16.0 Å². The van der Waals surface area contributed by atoms with E-state index in [-0.39, 0.29) is 41.5 Å². The molecule has 5 nitrogen and oxygen atoms in total. The average molecular weight is 265 g/mol. The van der Waals surface area contributed by atoms with Gasteiger partial charge in [0, 0.05) is 5.57 Å². The third-order valence-corrected chi connectivity index (χ3v) is 2.82. The second kappa shape index (κ2) is 6.93. The van der Waals surface area contributed by atoms with E-state index in [0.29, 0.717) is 0 Å². The van der Waals surface area contributed by atoms with Crippen LogP contribution in [-0.4, -0.2) is 14.3 Å². The minimum atomic E-state index is -3.96. The van der Waals surface area contributed by atoms with Gasteiger partial charge in [-0.25, -0.2) is 5.48 Å². The summed E-state index contributed by atoms with van der Waals surface area (Å²) < 4.78 is 27.3. The van der Waals surface area contributed by atoms with Crippen molar-refractivity contribution < 1.29 is 48.5 Å². The van der Waals surface area contributed by atoms with Gasteiger partial charge in [0.25, 0.3) is 5.91 Å². The van der Waals surface area contributed by atoms with Crippen molar-refractivity contribution in [2.45, 2.75) is 11.8 Å². The molecule has 0 aliphatic rings. The third kappa shape index (κ3) is 5.01. The molecule has 0 aromatic heterocycles. The Bertz CT molecular complexity index is 504. The quantitative estimate of drug-likeness (QED) is 0.393. The fraction of sp³-hybridized carbons (Fsp3) is 0.100. The van der Waals surface area contributed by atoms with Crippen molar-refractivity contribution in [1.29, 1.82) is 0 Å². The summed E-state index contributed by atoms with van der Waals surface area (Å²) in [5.41, 5.74) is 1.95. The van der Waals surface area contributed by atoms with Crippen LogP contribution >= 0.6 is 0 Å². The molecule has 0 spiro atoms. The summed E-state index contributed by atoms with van der Waals surface area (Å²) in [6, 6.07) is 7.50. The van der Waals surface area contributed by atoms with Crippen molar-refractivity contribution >= 4 is 16.0 Å². The zero-order valence-electron chi connectivity index (χ0n) is 10.6. The van der Waals surface area contributed by atoms with E-state index >= 15 is 0 Å². The van der Waals surface area contributed by atoms with Crippen molar-refractivity contribution in [2.24, 2.45) is 0 Å². The maximum Gasteiger partial charge on any atom is 1.00 e. The molecule has 1 aromatic carbocycles. The van der Waals surface area contributed by atoms with Crippen molar-refractivity contribution in [3.63, 3.8) is 0 Å². The molecule has 0 saturated carbocycles. The fourth-order valence-corrected chi connectivity index (χ4v) is 1.59. The van der Waals surface area contributed by atoms with Crippen LogP contribution in [0, 0.1) is 0 Å². The van der Waals surface area contributed by atoms with Gasteiger partial charge >= 0.3 is 39.7 Å². The topological polar surface area (TPSA) is 72.5 Å². The van der Waals surface area contributed by atoms with Crippen LogP contribution in [0.25, 0.3) is 0 Å². The summed E-state index contributed by atoms with van der Waals surface area (Å²) >= 11 is 0. The Morgan fingerprint density at radius 3 is 2.35 bits per heavy atom. The summed E-state index contributed by atoms with van der Waals surface area (Å²) in [5, 5.41) is 0. The molecule has 0 bridgehead atoms. The fourth-order valence-electron chi connectivity index (χ4n) is 0.815. The van der Waals surface area contributed by atoms with Gasteiger partial charge in [0.2, 0.25) is 0 Å². The first kappa shape index (κ1) is 16.3. The van der Waals surface area contributed by atoms with Gasteiger partial charge in [-0.2, -0.15) is 8.42 Å². The van der Waals surface area contributed by atoms with E-state index in [9.17, 15) is 13.2 Å². The normalized spacial score (nSPS) is 10.2. The molecule has 0 fully saturated rings. The van der Waals surface area contributed by atoms with E-state index in [2.05, 4.69) is 10.9 Å². The minimum Gasteiger partial charge on any atom is -1.00 e. The molecule has 0 radical (unpaired) electrons. The number of amides is 1. The monoisotopic (exact) mass is 265 g/mol. The van der Waals surface area contributed by atoms with Crippen LogP contribution in [0.3, 0.4) is 0 Å². The Kier molecular flexibility index (Phi) is 6.66. The summed E-state index contributed by atoms with van der Waals surface area (Å²) in [4.78, 5) is 11.0.